The van der Waals surface area contributed by atoms with Gasteiger partial charge in [0.25, 0.3) is 0 Å². The highest BCUT2D eigenvalue weighted by atomic mass is 16.7. The average Bonchev–Trinajstić information content (AvgIpc) is 2.76. The van der Waals surface area contributed by atoms with Crippen molar-refractivity contribution < 1.29 is 9.47 Å². The van der Waals surface area contributed by atoms with Gasteiger partial charge in [-0.1, -0.05) is 12.2 Å². The minimum atomic E-state index is 0.0590. The lowest BCUT2D eigenvalue weighted by Crippen LogP contribution is -2.41. The molecule has 0 spiro atoms. The van der Waals surface area contributed by atoms with Gasteiger partial charge in [0.2, 0.25) is 0 Å². The zero-order chi connectivity index (χ0) is 10.4. The number of allylic oxidation sites excluding steroid dienone is 2. The molecule has 0 radical (unpaired) electrons. The molecule has 3 rings (SSSR count). The largest absolute Gasteiger partial charge is 0.349 e. The molecule has 3 aliphatic rings. The Labute approximate surface area is 91.6 Å². The van der Waals surface area contributed by atoms with Crippen molar-refractivity contribution in [3.05, 3.63) is 12.2 Å². The van der Waals surface area contributed by atoms with Crippen LogP contribution in [0.1, 0.15) is 33.1 Å². The Bertz CT molecular complexity index is 264. The number of rotatable bonds is 1. The molecule has 2 nitrogen and oxygen atoms in total. The Kier molecular flexibility index (Phi) is 2.37. The maximum absolute atomic E-state index is 5.94. The first-order valence-electron chi connectivity index (χ1n) is 6.21. The van der Waals surface area contributed by atoms with Gasteiger partial charge >= 0.3 is 0 Å². The summed E-state index contributed by atoms with van der Waals surface area (Å²) < 4.78 is 11.9. The Morgan fingerprint density at radius 2 is 1.67 bits per heavy atom. The average molecular weight is 208 g/mol. The van der Waals surface area contributed by atoms with Gasteiger partial charge in [0.1, 0.15) is 0 Å². The third kappa shape index (κ3) is 1.74. The van der Waals surface area contributed by atoms with E-state index < -0.39 is 0 Å². The van der Waals surface area contributed by atoms with Gasteiger partial charge < -0.3 is 9.47 Å². The standard InChI is InChI=1S/C13H20O2/c1-8-5-9(2)15-13(14-8)12-7-10-3-4-11(12)6-10/h3-4,8-13H,5-7H2,1-2H3/t8-,9-,10-,11+,12+/m1/s1. The third-order valence-corrected chi connectivity index (χ3v) is 4.08. The van der Waals surface area contributed by atoms with Gasteiger partial charge in [-0.2, -0.15) is 0 Å². The van der Waals surface area contributed by atoms with Crippen LogP contribution in [0.4, 0.5) is 0 Å². The van der Waals surface area contributed by atoms with E-state index in [1.807, 2.05) is 0 Å². The molecule has 0 aromatic carbocycles. The van der Waals surface area contributed by atoms with E-state index in [-0.39, 0.29) is 6.29 Å². The molecule has 0 N–H and O–H groups in total. The summed E-state index contributed by atoms with van der Waals surface area (Å²) in [4.78, 5) is 0. The Morgan fingerprint density at radius 1 is 0.933 bits per heavy atom. The number of hydrogen-bond acceptors (Lipinski definition) is 2. The van der Waals surface area contributed by atoms with E-state index in [2.05, 4.69) is 26.0 Å². The van der Waals surface area contributed by atoms with E-state index in [0.29, 0.717) is 18.1 Å². The van der Waals surface area contributed by atoms with Crippen LogP contribution in [-0.4, -0.2) is 18.5 Å². The molecular weight excluding hydrogens is 188 g/mol. The van der Waals surface area contributed by atoms with Crippen molar-refractivity contribution in [1.82, 2.24) is 0 Å². The highest BCUT2D eigenvalue weighted by Crippen LogP contribution is 2.46. The van der Waals surface area contributed by atoms with Crippen molar-refractivity contribution in [3.8, 4) is 0 Å². The van der Waals surface area contributed by atoms with Gasteiger partial charge in [-0.05, 0) is 44.9 Å². The molecule has 0 aromatic rings. The minimum Gasteiger partial charge on any atom is -0.349 e. The number of ether oxygens (including phenoxy) is 2. The molecule has 5 atom stereocenters. The van der Waals surface area contributed by atoms with Gasteiger partial charge in [0.15, 0.2) is 6.29 Å². The van der Waals surface area contributed by atoms with E-state index >= 15 is 0 Å². The van der Waals surface area contributed by atoms with Crippen LogP contribution >= 0.6 is 0 Å². The second-order valence-corrected chi connectivity index (χ2v) is 5.44. The highest BCUT2D eigenvalue weighted by Gasteiger charge is 2.43. The molecule has 0 unspecified atom stereocenters. The van der Waals surface area contributed by atoms with Gasteiger partial charge in [-0.15, -0.1) is 0 Å². The first kappa shape index (κ1) is 9.86. The van der Waals surface area contributed by atoms with Crippen LogP contribution in [0.15, 0.2) is 12.2 Å². The molecule has 1 aliphatic heterocycles. The van der Waals surface area contributed by atoms with Crippen LogP contribution in [0.3, 0.4) is 0 Å². The van der Waals surface area contributed by atoms with Crippen molar-refractivity contribution in [1.29, 1.82) is 0 Å². The van der Waals surface area contributed by atoms with Crippen molar-refractivity contribution in [3.63, 3.8) is 0 Å². The summed E-state index contributed by atoms with van der Waals surface area (Å²) in [5.41, 5.74) is 0. The first-order valence-corrected chi connectivity index (χ1v) is 6.21. The van der Waals surface area contributed by atoms with Gasteiger partial charge in [-0.25, -0.2) is 0 Å². The molecule has 15 heavy (non-hydrogen) atoms. The number of hydrogen-bond donors (Lipinski definition) is 0. The zero-order valence-electron chi connectivity index (χ0n) is 9.56. The molecule has 1 saturated heterocycles. The fourth-order valence-corrected chi connectivity index (χ4v) is 3.41. The first-order chi connectivity index (χ1) is 7.22. The SMILES string of the molecule is C[C@@H]1C[C@@H](C)OC([C@H]2C[C@@H]3C=C[C@H]2C3)O1. The van der Waals surface area contributed by atoms with E-state index in [0.717, 1.165) is 18.3 Å². The van der Waals surface area contributed by atoms with Crippen LogP contribution in [0.5, 0.6) is 0 Å². The summed E-state index contributed by atoms with van der Waals surface area (Å²) in [5, 5.41) is 0. The maximum Gasteiger partial charge on any atom is 0.161 e. The molecule has 84 valence electrons. The van der Waals surface area contributed by atoms with E-state index in [9.17, 15) is 0 Å². The van der Waals surface area contributed by atoms with Crippen LogP contribution in [-0.2, 0) is 9.47 Å². The normalized spacial score (nSPS) is 53.7. The van der Waals surface area contributed by atoms with E-state index in [1.54, 1.807) is 0 Å². The summed E-state index contributed by atoms with van der Waals surface area (Å²) in [6.07, 6.45) is 9.16. The summed E-state index contributed by atoms with van der Waals surface area (Å²) in [5.74, 6) is 2.14. The molecule has 0 aromatic heterocycles. The van der Waals surface area contributed by atoms with Crippen LogP contribution in [0.25, 0.3) is 0 Å². The summed E-state index contributed by atoms with van der Waals surface area (Å²) in [7, 11) is 0. The van der Waals surface area contributed by atoms with Gasteiger partial charge in [-0.3, -0.25) is 0 Å². The Balaban J connectivity index is 1.69. The lowest BCUT2D eigenvalue weighted by atomic mass is 9.92. The summed E-state index contributed by atoms with van der Waals surface area (Å²) in [6.45, 7) is 4.32. The fourth-order valence-electron chi connectivity index (χ4n) is 3.41. The van der Waals surface area contributed by atoms with Crippen LogP contribution < -0.4 is 0 Å². The third-order valence-electron chi connectivity index (χ3n) is 4.08. The topological polar surface area (TPSA) is 18.5 Å². The molecule has 1 saturated carbocycles. The van der Waals surface area contributed by atoms with E-state index in [4.69, 9.17) is 9.47 Å². The predicted octanol–water partition coefficient (Wildman–Crippen LogP) is 2.74. The molecule has 2 fully saturated rings. The monoisotopic (exact) mass is 208 g/mol. The fraction of sp³-hybridized carbons (Fsp3) is 0.846. The van der Waals surface area contributed by atoms with Gasteiger partial charge in [0.05, 0.1) is 12.2 Å². The van der Waals surface area contributed by atoms with Crippen molar-refractivity contribution >= 4 is 0 Å². The highest BCUT2D eigenvalue weighted by molar-refractivity contribution is 5.10. The second-order valence-electron chi connectivity index (χ2n) is 5.44. The minimum absolute atomic E-state index is 0.0590. The zero-order valence-corrected chi connectivity index (χ0v) is 9.56. The molecular formula is C13H20O2. The lowest BCUT2D eigenvalue weighted by molar-refractivity contribution is -0.258. The predicted molar refractivity (Wildman–Crippen MR) is 58.3 cm³/mol. The van der Waals surface area contributed by atoms with E-state index in [1.165, 1.54) is 12.8 Å². The lowest BCUT2D eigenvalue weighted by Gasteiger charge is -2.37. The van der Waals surface area contributed by atoms with Crippen molar-refractivity contribution in [2.75, 3.05) is 0 Å². The van der Waals surface area contributed by atoms with Crippen LogP contribution in [0, 0.1) is 17.8 Å². The molecule has 2 aliphatic carbocycles. The quantitative estimate of drug-likeness (QED) is 0.617. The summed E-state index contributed by atoms with van der Waals surface area (Å²) >= 11 is 0. The molecule has 0 amide bonds. The molecule has 2 bridgehead atoms. The second kappa shape index (κ2) is 3.60. The van der Waals surface area contributed by atoms with Gasteiger partial charge in [0, 0.05) is 5.92 Å². The van der Waals surface area contributed by atoms with Crippen LogP contribution in [0.2, 0.25) is 0 Å². The molecule has 1 heterocycles. The number of fused-ring (bicyclic) bond motifs is 2. The molecule has 2 heteroatoms. The Morgan fingerprint density at radius 3 is 2.20 bits per heavy atom. The Hall–Kier alpha value is -0.340. The summed E-state index contributed by atoms with van der Waals surface area (Å²) in [6, 6.07) is 0. The van der Waals surface area contributed by atoms with Crippen molar-refractivity contribution in [2.45, 2.75) is 51.6 Å². The maximum atomic E-state index is 5.94. The smallest absolute Gasteiger partial charge is 0.161 e. The van der Waals surface area contributed by atoms with Crippen molar-refractivity contribution in [2.24, 2.45) is 17.8 Å².